The summed E-state index contributed by atoms with van der Waals surface area (Å²) in [7, 11) is 0. The zero-order valence-corrected chi connectivity index (χ0v) is 6.65. The summed E-state index contributed by atoms with van der Waals surface area (Å²) in [6, 6.07) is 7.26. The largest absolute Gasteiger partial charge is 0.198 e. The van der Waals surface area contributed by atoms with Crippen LogP contribution in [0.25, 0.3) is 0 Å². The number of nitrogens with zero attached hydrogens (tertiary/aromatic N) is 3. The summed E-state index contributed by atoms with van der Waals surface area (Å²) in [5.41, 5.74) is 1.56. The number of para-hydroxylation sites is 1. The maximum Gasteiger partial charge on any atom is 0.198 e. The first-order valence-corrected chi connectivity index (χ1v) is 3.45. The van der Waals surface area contributed by atoms with Crippen LogP contribution in [0.2, 0.25) is 0 Å². The molecular weight excluding hydrogens is 150 g/mol. The van der Waals surface area contributed by atoms with E-state index >= 15 is 0 Å². The van der Waals surface area contributed by atoms with E-state index in [1.807, 2.05) is 19.1 Å². The standard InChI is InChI=1S/C9H7N3/c1-8-4-2-3-5-9(8)12(6-10)7-11/h2-5H,1H3. The molecule has 1 rings (SSSR count). The van der Waals surface area contributed by atoms with Crippen LogP contribution in [0.4, 0.5) is 5.69 Å². The van der Waals surface area contributed by atoms with Crippen LogP contribution in [-0.4, -0.2) is 0 Å². The molecule has 3 nitrogen and oxygen atoms in total. The zero-order chi connectivity index (χ0) is 8.97. The molecule has 0 aliphatic carbocycles. The molecule has 0 radical (unpaired) electrons. The van der Waals surface area contributed by atoms with Crippen LogP contribution in [0.5, 0.6) is 0 Å². The lowest BCUT2D eigenvalue weighted by atomic mass is 10.2. The van der Waals surface area contributed by atoms with Gasteiger partial charge < -0.3 is 0 Å². The second-order valence-electron chi connectivity index (χ2n) is 2.32. The predicted octanol–water partition coefficient (Wildman–Crippen LogP) is 1.76. The Labute approximate surface area is 71.1 Å². The fraction of sp³-hybridized carbons (Fsp3) is 0.111. The fourth-order valence-corrected chi connectivity index (χ4v) is 0.944. The highest BCUT2D eigenvalue weighted by Gasteiger charge is 2.04. The molecule has 0 bridgehead atoms. The molecule has 0 aliphatic rings. The predicted molar refractivity (Wildman–Crippen MR) is 44.9 cm³/mol. The molecule has 0 aromatic heterocycles. The van der Waals surface area contributed by atoms with E-state index in [9.17, 15) is 0 Å². The Morgan fingerprint density at radius 1 is 1.17 bits per heavy atom. The lowest BCUT2D eigenvalue weighted by molar-refractivity contribution is 1.24. The van der Waals surface area contributed by atoms with Gasteiger partial charge in [-0.25, -0.2) is 0 Å². The van der Waals surface area contributed by atoms with Crippen molar-refractivity contribution in [2.75, 3.05) is 4.90 Å². The van der Waals surface area contributed by atoms with E-state index in [0.29, 0.717) is 5.69 Å². The van der Waals surface area contributed by atoms with E-state index in [1.54, 1.807) is 24.5 Å². The second kappa shape index (κ2) is 3.41. The molecule has 0 heterocycles. The minimum Gasteiger partial charge on any atom is -0.182 e. The Morgan fingerprint density at radius 2 is 1.75 bits per heavy atom. The van der Waals surface area contributed by atoms with Crippen LogP contribution in [-0.2, 0) is 0 Å². The van der Waals surface area contributed by atoms with Gasteiger partial charge >= 0.3 is 0 Å². The Morgan fingerprint density at radius 3 is 2.25 bits per heavy atom. The first-order chi connectivity index (χ1) is 5.79. The van der Waals surface area contributed by atoms with Crippen molar-refractivity contribution in [3.63, 3.8) is 0 Å². The topological polar surface area (TPSA) is 50.8 Å². The van der Waals surface area contributed by atoms with Crippen molar-refractivity contribution in [1.29, 1.82) is 10.5 Å². The second-order valence-corrected chi connectivity index (χ2v) is 2.32. The van der Waals surface area contributed by atoms with Gasteiger partial charge in [0, 0.05) is 0 Å². The molecule has 58 valence electrons. The molecule has 0 saturated carbocycles. The summed E-state index contributed by atoms with van der Waals surface area (Å²) in [6.07, 6.45) is 3.56. The number of hydrogen-bond donors (Lipinski definition) is 0. The van der Waals surface area contributed by atoms with Crippen molar-refractivity contribution in [3.8, 4) is 12.4 Å². The zero-order valence-electron chi connectivity index (χ0n) is 6.65. The van der Waals surface area contributed by atoms with Gasteiger partial charge in [0.05, 0.1) is 5.69 Å². The smallest absolute Gasteiger partial charge is 0.182 e. The van der Waals surface area contributed by atoms with Crippen molar-refractivity contribution in [3.05, 3.63) is 29.8 Å². The first-order valence-electron chi connectivity index (χ1n) is 3.45. The molecule has 0 unspecified atom stereocenters. The van der Waals surface area contributed by atoms with Crippen LogP contribution < -0.4 is 4.90 Å². The van der Waals surface area contributed by atoms with Gasteiger partial charge in [-0.15, -0.1) is 0 Å². The minimum absolute atomic E-state index is 0.641. The molecule has 12 heavy (non-hydrogen) atoms. The van der Waals surface area contributed by atoms with E-state index in [-0.39, 0.29) is 0 Å². The Bertz CT molecular complexity index is 343. The molecule has 3 heteroatoms. The van der Waals surface area contributed by atoms with E-state index in [4.69, 9.17) is 10.5 Å². The number of anilines is 1. The van der Waals surface area contributed by atoms with Crippen LogP contribution in [0.1, 0.15) is 5.56 Å². The Hall–Kier alpha value is -2.00. The van der Waals surface area contributed by atoms with Gasteiger partial charge in [-0.1, -0.05) is 18.2 Å². The molecule has 0 fully saturated rings. The van der Waals surface area contributed by atoms with Gasteiger partial charge in [-0.2, -0.15) is 15.4 Å². The summed E-state index contributed by atoms with van der Waals surface area (Å²) in [5.74, 6) is 0. The van der Waals surface area contributed by atoms with Crippen LogP contribution in [0.15, 0.2) is 24.3 Å². The average molecular weight is 157 g/mol. The molecular formula is C9H7N3. The minimum atomic E-state index is 0.641. The highest BCUT2D eigenvalue weighted by molar-refractivity contribution is 5.59. The molecule has 0 N–H and O–H groups in total. The normalized spacial score (nSPS) is 8.25. The number of hydrogen-bond acceptors (Lipinski definition) is 3. The van der Waals surface area contributed by atoms with Crippen molar-refractivity contribution < 1.29 is 0 Å². The fourth-order valence-electron chi connectivity index (χ4n) is 0.944. The van der Waals surface area contributed by atoms with Gasteiger partial charge in [0.1, 0.15) is 0 Å². The van der Waals surface area contributed by atoms with Crippen LogP contribution >= 0.6 is 0 Å². The van der Waals surface area contributed by atoms with Crippen molar-refractivity contribution >= 4 is 5.69 Å². The van der Waals surface area contributed by atoms with E-state index in [2.05, 4.69) is 0 Å². The lowest BCUT2D eigenvalue weighted by Gasteiger charge is -2.07. The van der Waals surface area contributed by atoms with Crippen molar-refractivity contribution in [2.24, 2.45) is 0 Å². The summed E-state index contributed by atoms with van der Waals surface area (Å²) >= 11 is 0. The van der Waals surface area contributed by atoms with Gasteiger partial charge in [-0.3, -0.25) is 0 Å². The van der Waals surface area contributed by atoms with Crippen LogP contribution in [0, 0.1) is 29.8 Å². The highest BCUT2D eigenvalue weighted by Crippen LogP contribution is 2.17. The third-order valence-electron chi connectivity index (χ3n) is 1.56. The summed E-state index contributed by atoms with van der Waals surface area (Å²) in [5, 5.41) is 17.1. The van der Waals surface area contributed by atoms with Gasteiger partial charge in [-0.05, 0) is 18.6 Å². The Balaban J connectivity index is 3.13. The third kappa shape index (κ3) is 1.36. The van der Waals surface area contributed by atoms with E-state index < -0.39 is 0 Å². The highest BCUT2D eigenvalue weighted by atomic mass is 15.1. The molecule has 0 aliphatic heterocycles. The van der Waals surface area contributed by atoms with Crippen LogP contribution in [0.3, 0.4) is 0 Å². The Kier molecular flexibility index (Phi) is 2.30. The van der Waals surface area contributed by atoms with Gasteiger partial charge in [0.2, 0.25) is 0 Å². The summed E-state index contributed by atoms with van der Waals surface area (Å²) < 4.78 is 0. The molecule has 0 saturated heterocycles. The number of nitriles is 2. The first kappa shape index (κ1) is 8.10. The number of rotatable bonds is 1. The van der Waals surface area contributed by atoms with E-state index in [1.165, 1.54) is 0 Å². The molecule has 0 spiro atoms. The summed E-state index contributed by atoms with van der Waals surface area (Å²) in [4.78, 5) is 0.981. The maximum absolute atomic E-state index is 8.56. The maximum atomic E-state index is 8.56. The summed E-state index contributed by atoms with van der Waals surface area (Å²) in [6.45, 7) is 1.86. The SMILES string of the molecule is Cc1ccccc1N(C#N)C#N. The number of benzene rings is 1. The lowest BCUT2D eigenvalue weighted by Crippen LogP contribution is -2.08. The third-order valence-corrected chi connectivity index (χ3v) is 1.56. The van der Waals surface area contributed by atoms with Crippen molar-refractivity contribution in [2.45, 2.75) is 6.92 Å². The number of aryl methyl sites for hydroxylation is 1. The molecule has 1 aromatic rings. The molecule has 0 atom stereocenters. The average Bonchev–Trinajstić information content (AvgIpc) is 2.10. The quantitative estimate of drug-likeness (QED) is 0.461. The van der Waals surface area contributed by atoms with Gasteiger partial charge in [0.25, 0.3) is 0 Å². The monoisotopic (exact) mass is 157 g/mol. The molecule has 1 aromatic carbocycles. The van der Waals surface area contributed by atoms with E-state index in [0.717, 1.165) is 10.5 Å². The molecule has 0 amide bonds. The van der Waals surface area contributed by atoms with Gasteiger partial charge in [0.15, 0.2) is 12.4 Å². The van der Waals surface area contributed by atoms with Crippen molar-refractivity contribution in [1.82, 2.24) is 0 Å².